The Hall–Kier alpha value is -0.860. The SMILES string of the molecule is CCC1OC(c2ccccc2)C(C)N1C. The van der Waals surface area contributed by atoms with Crippen LogP contribution in [-0.4, -0.2) is 24.2 Å². The number of ether oxygens (including phenoxy) is 1. The van der Waals surface area contributed by atoms with Gasteiger partial charge in [0.05, 0.1) is 6.10 Å². The molecule has 1 aliphatic heterocycles. The molecular weight excluding hydrogens is 186 g/mol. The van der Waals surface area contributed by atoms with Gasteiger partial charge in [0.25, 0.3) is 0 Å². The number of nitrogens with zero attached hydrogens (tertiary/aromatic N) is 1. The summed E-state index contributed by atoms with van der Waals surface area (Å²) in [6.07, 6.45) is 1.54. The van der Waals surface area contributed by atoms with E-state index >= 15 is 0 Å². The number of hydrogen-bond acceptors (Lipinski definition) is 2. The van der Waals surface area contributed by atoms with Crippen molar-refractivity contribution >= 4 is 0 Å². The van der Waals surface area contributed by atoms with Gasteiger partial charge in [0.15, 0.2) is 0 Å². The van der Waals surface area contributed by atoms with E-state index in [0.717, 1.165) is 6.42 Å². The number of rotatable bonds is 2. The molecule has 0 radical (unpaired) electrons. The normalized spacial score (nSPS) is 32.1. The van der Waals surface area contributed by atoms with Crippen LogP contribution in [0.25, 0.3) is 0 Å². The highest BCUT2D eigenvalue weighted by Crippen LogP contribution is 2.34. The summed E-state index contributed by atoms with van der Waals surface area (Å²) in [5.41, 5.74) is 1.28. The van der Waals surface area contributed by atoms with E-state index in [1.165, 1.54) is 5.56 Å². The summed E-state index contributed by atoms with van der Waals surface area (Å²) in [5, 5.41) is 0. The molecule has 0 N–H and O–H groups in total. The van der Waals surface area contributed by atoms with Crippen molar-refractivity contribution in [3.05, 3.63) is 35.9 Å². The van der Waals surface area contributed by atoms with Gasteiger partial charge in [0, 0.05) is 6.04 Å². The zero-order valence-electron chi connectivity index (χ0n) is 9.68. The van der Waals surface area contributed by atoms with E-state index in [9.17, 15) is 0 Å². The minimum atomic E-state index is 0.223. The molecule has 1 saturated heterocycles. The van der Waals surface area contributed by atoms with E-state index in [-0.39, 0.29) is 12.3 Å². The van der Waals surface area contributed by atoms with Gasteiger partial charge in [-0.3, -0.25) is 4.90 Å². The molecule has 3 atom stereocenters. The number of hydrogen-bond donors (Lipinski definition) is 0. The van der Waals surface area contributed by atoms with E-state index in [0.29, 0.717) is 6.04 Å². The van der Waals surface area contributed by atoms with Crippen LogP contribution >= 0.6 is 0 Å². The van der Waals surface area contributed by atoms with Crippen LogP contribution in [0.15, 0.2) is 30.3 Å². The van der Waals surface area contributed by atoms with Gasteiger partial charge in [-0.1, -0.05) is 37.3 Å². The number of likely N-dealkylation sites (N-methyl/N-ethyl adjacent to an activating group) is 1. The maximum atomic E-state index is 6.05. The summed E-state index contributed by atoms with van der Waals surface area (Å²) < 4.78 is 6.05. The molecule has 1 heterocycles. The Labute approximate surface area is 91.9 Å². The first kappa shape index (κ1) is 10.7. The Kier molecular flexibility index (Phi) is 3.08. The van der Waals surface area contributed by atoms with E-state index in [1.54, 1.807) is 0 Å². The molecule has 2 nitrogen and oxygen atoms in total. The molecule has 3 unspecified atom stereocenters. The summed E-state index contributed by atoms with van der Waals surface area (Å²) >= 11 is 0. The first-order chi connectivity index (χ1) is 7.24. The van der Waals surface area contributed by atoms with Crippen LogP contribution in [0.4, 0.5) is 0 Å². The molecule has 1 aromatic carbocycles. The minimum absolute atomic E-state index is 0.223. The maximum Gasteiger partial charge on any atom is 0.111 e. The Morgan fingerprint density at radius 1 is 1.27 bits per heavy atom. The highest BCUT2D eigenvalue weighted by atomic mass is 16.5. The second-order valence-corrected chi connectivity index (χ2v) is 4.24. The second kappa shape index (κ2) is 4.33. The van der Waals surface area contributed by atoms with Crippen LogP contribution < -0.4 is 0 Å². The maximum absolute atomic E-state index is 6.05. The van der Waals surface area contributed by atoms with Crippen molar-refractivity contribution in [3.63, 3.8) is 0 Å². The largest absolute Gasteiger partial charge is 0.354 e. The van der Waals surface area contributed by atoms with E-state index in [2.05, 4.69) is 50.1 Å². The van der Waals surface area contributed by atoms with Crippen molar-refractivity contribution in [2.45, 2.75) is 38.6 Å². The fourth-order valence-corrected chi connectivity index (χ4v) is 2.24. The molecule has 2 heteroatoms. The standard InChI is InChI=1S/C13H19NO/c1-4-12-14(3)10(2)13(15-12)11-8-6-5-7-9-11/h5-10,12-13H,4H2,1-3H3. The van der Waals surface area contributed by atoms with Gasteiger partial charge in [-0.2, -0.15) is 0 Å². The first-order valence-electron chi connectivity index (χ1n) is 5.66. The van der Waals surface area contributed by atoms with Crippen LogP contribution in [0, 0.1) is 0 Å². The van der Waals surface area contributed by atoms with Gasteiger partial charge < -0.3 is 4.74 Å². The van der Waals surface area contributed by atoms with Gasteiger partial charge >= 0.3 is 0 Å². The molecule has 15 heavy (non-hydrogen) atoms. The summed E-state index contributed by atoms with van der Waals surface area (Å²) in [6, 6.07) is 10.9. The van der Waals surface area contributed by atoms with E-state index < -0.39 is 0 Å². The zero-order valence-corrected chi connectivity index (χ0v) is 9.68. The highest BCUT2D eigenvalue weighted by Gasteiger charge is 2.36. The van der Waals surface area contributed by atoms with Crippen LogP contribution in [0.3, 0.4) is 0 Å². The van der Waals surface area contributed by atoms with Gasteiger partial charge in [0.2, 0.25) is 0 Å². The summed E-state index contributed by atoms with van der Waals surface area (Å²) in [4.78, 5) is 2.32. The molecule has 0 saturated carbocycles. The van der Waals surface area contributed by atoms with Crippen molar-refractivity contribution in [2.24, 2.45) is 0 Å². The summed E-state index contributed by atoms with van der Waals surface area (Å²) in [6.45, 7) is 4.40. The lowest BCUT2D eigenvalue weighted by Crippen LogP contribution is -2.31. The molecule has 2 rings (SSSR count). The molecule has 0 aromatic heterocycles. The van der Waals surface area contributed by atoms with E-state index in [1.807, 2.05) is 6.07 Å². The zero-order chi connectivity index (χ0) is 10.8. The lowest BCUT2D eigenvalue weighted by atomic mass is 10.0. The van der Waals surface area contributed by atoms with Gasteiger partial charge in [-0.25, -0.2) is 0 Å². The van der Waals surface area contributed by atoms with Crippen molar-refractivity contribution in [3.8, 4) is 0 Å². The number of benzene rings is 1. The van der Waals surface area contributed by atoms with Crippen LogP contribution in [-0.2, 0) is 4.74 Å². The highest BCUT2D eigenvalue weighted by molar-refractivity contribution is 5.20. The molecular formula is C13H19NO. The predicted octanol–water partition coefficient (Wildman–Crippen LogP) is 2.81. The van der Waals surface area contributed by atoms with E-state index in [4.69, 9.17) is 4.74 Å². The second-order valence-electron chi connectivity index (χ2n) is 4.24. The summed E-state index contributed by atoms with van der Waals surface area (Å²) in [5.74, 6) is 0. The van der Waals surface area contributed by atoms with Crippen LogP contribution in [0.2, 0.25) is 0 Å². The topological polar surface area (TPSA) is 12.5 Å². The van der Waals surface area contributed by atoms with Crippen molar-refractivity contribution in [2.75, 3.05) is 7.05 Å². The third kappa shape index (κ3) is 1.92. The monoisotopic (exact) mass is 205 g/mol. The quantitative estimate of drug-likeness (QED) is 0.736. The Balaban J connectivity index is 2.19. The minimum Gasteiger partial charge on any atom is -0.354 e. The van der Waals surface area contributed by atoms with Gasteiger partial charge in [-0.05, 0) is 26.0 Å². The predicted molar refractivity (Wildman–Crippen MR) is 61.6 cm³/mol. The molecule has 0 amide bonds. The lowest BCUT2D eigenvalue weighted by molar-refractivity contribution is 0.00511. The van der Waals surface area contributed by atoms with Crippen LogP contribution in [0.1, 0.15) is 31.9 Å². The average molecular weight is 205 g/mol. The molecule has 82 valence electrons. The molecule has 0 aliphatic carbocycles. The van der Waals surface area contributed by atoms with Gasteiger partial charge in [0.1, 0.15) is 6.23 Å². The van der Waals surface area contributed by atoms with Crippen LogP contribution in [0.5, 0.6) is 0 Å². The third-order valence-electron chi connectivity index (χ3n) is 3.32. The molecule has 0 spiro atoms. The molecule has 1 aliphatic rings. The summed E-state index contributed by atoms with van der Waals surface area (Å²) in [7, 11) is 2.14. The Morgan fingerprint density at radius 3 is 2.47 bits per heavy atom. The van der Waals surface area contributed by atoms with Crippen molar-refractivity contribution in [1.29, 1.82) is 0 Å². The fourth-order valence-electron chi connectivity index (χ4n) is 2.24. The van der Waals surface area contributed by atoms with Crippen molar-refractivity contribution < 1.29 is 4.74 Å². The molecule has 1 fully saturated rings. The first-order valence-corrected chi connectivity index (χ1v) is 5.66. The smallest absolute Gasteiger partial charge is 0.111 e. The molecule has 1 aromatic rings. The Bertz CT molecular complexity index is 312. The van der Waals surface area contributed by atoms with Crippen molar-refractivity contribution in [1.82, 2.24) is 4.90 Å². The lowest BCUT2D eigenvalue weighted by Gasteiger charge is -2.19. The van der Waals surface area contributed by atoms with Gasteiger partial charge in [-0.15, -0.1) is 0 Å². The Morgan fingerprint density at radius 2 is 1.93 bits per heavy atom. The molecule has 0 bridgehead atoms. The average Bonchev–Trinajstić information content (AvgIpc) is 2.57. The third-order valence-corrected chi connectivity index (χ3v) is 3.32. The fraction of sp³-hybridized carbons (Fsp3) is 0.538.